The highest BCUT2D eigenvalue weighted by atomic mass is 16.6. The van der Waals surface area contributed by atoms with Crippen LogP contribution in [0.3, 0.4) is 0 Å². The smallest absolute Gasteiger partial charge is 0.409 e. The summed E-state index contributed by atoms with van der Waals surface area (Å²) in [6.07, 6.45) is 0.863. The number of rotatable bonds is 4. The van der Waals surface area contributed by atoms with Crippen molar-refractivity contribution in [3.8, 4) is 0 Å². The maximum absolute atomic E-state index is 12.8. The summed E-state index contributed by atoms with van der Waals surface area (Å²) in [5.41, 5.74) is 2.07. The highest BCUT2D eigenvalue weighted by Crippen LogP contribution is 2.27. The summed E-state index contributed by atoms with van der Waals surface area (Å²) < 4.78 is 5.00. The molecule has 0 saturated carbocycles. The number of hydrogen-bond acceptors (Lipinski definition) is 4. The summed E-state index contributed by atoms with van der Waals surface area (Å²) in [5, 5.41) is 0. The van der Waals surface area contributed by atoms with Crippen molar-refractivity contribution in [3.05, 3.63) is 29.8 Å². The van der Waals surface area contributed by atoms with Crippen LogP contribution in [0.1, 0.15) is 25.8 Å². The van der Waals surface area contributed by atoms with E-state index in [2.05, 4.69) is 6.92 Å². The Balaban J connectivity index is 1.57. The van der Waals surface area contributed by atoms with Crippen LogP contribution in [0.2, 0.25) is 0 Å². The van der Waals surface area contributed by atoms with Crippen LogP contribution >= 0.6 is 0 Å². The molecular weight excluding hydrogens is 346 g/mol. The van der Waals surface area contributed by atoms with Crippen LogP contribution in [0.5, 0.6) is 0 Å². The zero-order valence-corrected chi connectivity index (χ0v) is 16.0. The average Bonchev–Trinajstić information content (AvgIpc) is 3.09. The zero-order chi connectivity index (χ0) is 19.4. The zero-order valence-electron chi connectivity index (χ0n) is 16.0. The summed E-state index contributed by atoms with van der Waals surface area (Å²) in [5.74, 6) is -0.334. The third-order valence-corrected chi connectivity index (χ3v) is 5.25. The van der Waals surface area contributed by atoms with E-state index in [9.17, 15) is 14.4 Å². The van der Waals surface area contributed by atoms with Crippen molar-refractivity contribution < 1.29 is 19.1 Å². The lowest BCUT2D eigenvalue weighted by Gasteiger charge is -2.35. The van der Waals surface area contributed by atoms with Gasteiger partial charge in [0.15, 0.2) is 0 Å². The van der Waals surface area contributed by atoms with Crippen LogP contribution in [-0.4, -0.2) is 67.0 Å². The van der Waals surface area contributed by atoms with E-state index in [1.54, 1.807) is 21.6 Å². The Bertz CT molecular complexity index is 696. The van der Waals surface area contributed by atoms with Gasteiger partial charge < -0.3 is 19.4 Å². The molecule has 1 aromatic rings. The molecule has 0 radical (unpaired) electrons. The molecule has 0 bridgehead atoms. The Kier molecular flexibility index (Phi) is 5.98. The third-order valence-electron chi connectivity index (χ3n) is 5.25. The third kappa shape index (κ3) is 4.23. The number of carbonyl (C=O) groups is 3. The number of hydrogen-bond donors (Lipinski definition) is 0. The van der Waals surface area contributed by atoms with Gasteiger partial charge in [0.2, 0.25) is 11.8 Å². The monoisotopic (exact) mass is 373 g/mol. The molecule has 7 nitrogen and oxygen atoms in total. The Morgan fingerprint density at radius 1 is 1.04 bits per heavy atom. The van der Waals surface area contributed by atoms with E-state index in [1.807, 2.05) is 24.3 Å². The number of benzene rings is 1. The number of carbonyl (C=O) groups excluding carboxylic acids is 3. The predicted molar refractivity (Wildman–Crippen MR) is 101 cm³/mol. The summed E-state index contributed by atoms with van der Waals surface area (Å²) >= 11 is 0. The van der Waals surface area contributed by atoms with Gasteiger partial charge in [-0.05, 0) is 31.0 Å². The number of ether oxygens (including phenoxy) is 1. The fourth-order valence-corrected chi connectivity index (χ4v) is 3.62. The highest BCUT2D eigenvalue weighted by molar-refractivity contribution is 6.00. The summed E-state index contributed by atoms with van der Waals surface area (Å²) in [7, 11) is 0. The molecular formula is C20H27N3O4. The van der Waals surface area contributed by atoms with Gasteiger partial charge in [-0.3, -0.25) is 9.59 Å². The lowest BCUT2D eigenvalue weighted by atomic mass is 10.1. The second-order valence-electron chi connectivity index (χ2n) is 6.94. The molecule has 2 aliphatic heterocycles. The van der Waals surface area contributed by atoms with Crippen LogP contribution in [0.15, 0.2) is 24.3 Å². The Morgan fingerprint density at radius 2 is 1.67 bits per heavy atom. The number of amides is 3. The molecule has 1 aromatic carbocycles. The predicted octanol–water partition coefficient (Wildman–Crippen LogP) is 1.90. The lowest BCUT2D eigenvalue weighted by Crippen LogP contribution is -2.52. The number of aryl methyl sites for hydroxylation is 1. The van der Waals surface area contributed by atoms with Gasteiger partial charge in [0.25, 0.3) is 0 Å². The fraction of sp³-hybridized carbons (Fsp3) is 0.550. The van der Waals surface area contributed by atoms with Crippen molar-refractivity contribution in [1.29, 1.82) is 0 Å². The van der Waals surface area contributed by atoms with Gasteiger partial charge in [-0.1, -0.05) is 19.1 Å². The standard InChI is InChI=1S/C20H27N3O4/c1-3-15-5-7-17(8-6-15)23-14-16(13-18(23)24)19(25)21-9-11-22(12-10-21)20(26)27-4-2/h5-8,16H,3-4,9-14H2,1-2H3. The van der Waals surface area contributed by atoms with Crippen LogP contribution in [0.25, 0.3) is 0 Å². The molecule has 27 heavy (non-hydrogen) atoms. The second-order valence-corrected chi connectivity index (χ2v) is 6.94. The molecule has 0 N–H and O–H groups in total. The maximum atomic E-state index is 12.8. The largest absolute Gasteiger partial charge is 0.450 e. The summed E-state index contributed by atoms with van der Waals surface area (Å²) in [4.78, 5) is 42.1. The first kappa shape index (κ1) is 19.2. The average molecular weight is 373 g/mol. The van der Waals surface area contributed by atoms with Gasteiger partial charge in [0.05, 0.1) is 12.5 Å². The van der Waals surface area contributed by atoms with Crippen molar-refractivity contribution >= 4 is 23.6 Å². The summed E-state index contributed by atoms with van der Waals surface area (Å²) in [6, 6.07) is 7.93. The maximum Gasteiger partial charge on any atom is 0.409 e. The molecule has 3 amide bonds. The Hall–Kier alpha value is -2.57. The van der Waals surface area contributed by atoms with Gasteiger partial charge in [-0.25, -0.2) is 4.79 Å². The van der Waals surface area contributed by atoms with Gasteiger partial charge in [0.1, 0.15) is 0 Å². The van der Waals surface area contributed by atoms with Gasteiger partial charge in [-0.15, -0.1) is 0 Å². The molecule has 1 unspecified atom stereocenters. The van der Waals surface area contributed by atoms with Crippen LogP contribution in [0.4, 0.5) is 10.5 Å². The topological polar surface area (TPSA) is 70.2 Å². The van der Waals surface area contributed by atoms with Crippen LogP contribution < -0.4 is 4.90 Å². The minimum Gasteiger partial charge on any atom is -0.450 e. The van der Waals surface area contributed by atoms with Crippen molar-refractivity contribution in [2.45, 2.75) is 26.7 Å². The van der Waals surface area contributed by atoms with Crippen molar-refractivity contribution in [3.63, 3.8) is 0 Å². The van der Waals surface area contributed by atoms with E-state index in [0.717, 1.165) is 12.1 Å². The van der Waals surface area contributed by atoms with E-state index in [0.29, 0.717) is 39.3 Å². The van der Waals surface area contributed by atoms with Crippen LogP contribution in [-0.2, 0) is 20.7 Å². The first-order valence-electron chi connectivity index (χ1n) is 9.63. The van der Waals surface area contributed by atoms with E-state index in [-0.39, 0.29) is 30.2 Å². The van der Waals surface area contributed by atoms with E-state index in [1.165, 1.54) is 5.56 Å². The van der Waals surface area contributed by atoms with Crippen molar-refractivity contribution in [1.82, 2.24) is 9.80 Å². The van der Waals surface area contributed by atoms with Gasteiger partial charge in [-0.2, -0.15) is 0 Å². The number of anilines is 1. The molecule has 146 valence electrons. The Labute approximate surface area is 159 Å². The minimum absolute atomic E-state index is 0.000429. The van der Waals surface area contributed by atoms with Gasteiger partial charge >= 0.3 is 6.09 Å². The molecule has 2 fully saturated rings. The number of piperazine rings is 1. The molecule has 2 heterocycles. The van der Waals surface area contributed by atoms with Crippen LogP contribution in [0, 0.1) is 5.92 Å². The lowest BCUT2D eigenvalue weighted by molar-refractivity contribution is -0.137. The number of nitrogens with zero attached hydrogens (tertiary/aromatic N) is 3. The SMILES string of the molecule is CCOC(=O)N1CCN(C(=O)C2CC(=O)N(c3ccc(CC)cc3)C2)CC1. The van der Waals surface area contributed by atoms with E-state index in [4.69, 9.17) is 4.74 Å². The molecule has 2 saturated heterocycles. The quantitative estimate of drug-likeness (QED) is 0.808. The molecule has 0 spiro atoms. The first-order valence-corrected chi connectivity index (χ1v) is 9.63. The van der Waals surface area contributed by atoms with E-state index >= 15 is 0 Å². The minimum atomic E-state index is -0.331. The molecule has 7 heteroatoms. The second kappa shape index (κ2) is 8.41. The van der Waals surface area contributed by atoms with Crippen molar-refractivity contribution in [2.24, 2.45) is 5.92 Å². The molecule has 0 aromatic heterocycles. The summed E-state index contributed by atoms with van der Waals surface area (Å²) in [6.45, 7) is 6.52. The first-order chi connectivity index (χ1) is 13.0. The van der Waals surface area contributed by atoms with E-state index < -0.39 is 0 Å². The van der Waals surface area contributed by atoms with Crippen molar-refractivity contribution in [2.75, 3.05) is 44.2 Å². The molecule has 1 atom stereocenters. The normalized spacial score (nSPS) is 20.1. The highest BCUT2D eigenvalue weighted by Gasteiger charge is 2.38. The molecule has 2 aliphatic rings. The Morgan fingerprint density at radius 3 is 2.26 bits per heavy atom. The van der Waals surface area contributed by atoms with Gasteiger partial charge in [0, 0.05) is 44.8 Å². The molecule has 3 rings (SSSR count). The fourth-order valence-electron chi connectivity index (χ4n) is 3.62. The molecule has 0 aliphatic carbocycles.